The molecule has 0 unspecified atom stereocenters. The molecule has 1 aliphatic heterocycles. The molecule has 2 rings (SSSR count). The molecule has 0 aromatic carbocycles. The summed E-state index contributed by atoms with van der Waals surface area (Å²) in [7, 11) is 0. The van der Waals surface area contributed by atoms with E-state index in [9.17, 15) is 0 Å². The Bertz CT molecular complexity index is 148. The van der Waals surface area contributed by atoms with Gasteiger partial charge in [-0.05, 0) is 38.8 Å². The van der Waals surface area contributed by atoms with Crippen LogP contribution in [0.5, 0.6) is 0 Å². The lowest BCUT2D eigenvalue weighted by atomic mass is 10.1. The number of hydrogen-bond acceptors (Lipinski definition) is 3. The molecule has 76 valence electrons. The van der Waals surface area contributed by atoms with Gasteiger partial charge in [0.2, 0.25) is 0 Å². The van der Waals surface area contributed by atoms with Gasteiger partial charge in [0.1, 0.15) is 0 Å². The minimum absolute atomic E-state index is 0.793. The molecule has 2 aliphatic rings. The van der Waals surface area contributed by atoms with Crippen LogP contribution in [0.3, 0.4) is 0 Å². The van der Waals surface area contributed by atoms with Crippen LogP contribution in [0.4, 0.5) is 0 Å². The van der Waals surface area contributed by atoms with Crippen LogP contribution >= 0.6 is 0 Å². The van der Waals surface area contributed by atoms with Gasteiger partial charge in [-0.2, -0.15) is 0 Å². The van der Waals surface area contributed by atoms with Gasteiger partial charge in [-0.1, -0.05) is 0 Å². The summed E-state index contributed by atoms with van der Waals surface area (Å²) >= 11 is 0. The Morgan fingerprint density at radius 1 is 1.08 bits per heavy atom. The molecule has 0 aromatic heterocycles. The molecule has 0 bridgehead atoms. The molecule has 0 radical (unpaired) electrons. The number of rotatable bonds is 4. The predicted molar refractivity (Wildman–Crippen MR) is 54.7 cm³/mol. The first kappa shape index (κ1) is 9.44. The maximum absolute atomic E-state index is 5.53. The zero-order valence-corrected chi connectivity index (χ0v) is 8.34. The maximum Gasteiger partial charge on any atom is 0.0105 e. The van der Waals surface area contributed by atoms with Crippen LogP contribution < -0.4 is 11.1 Å². The first-order valence-electron chi connectivity index (χ1n) is 5.57. The van der Waals surface area contributed by atoms with Gasteiger partial charge < -0.3 is 16.0 Å². The van der Waals surface area contributed by atoms with Gasteiger partial charge in [-0.15, -0.1) is 0 Å². The third-order valence-electron chi connectivity index (χ3n) is 3.08. The molecule has 13 heavy (non-hydrogen) atoms. The van der Waals surface area contributed by atoms with Crippen molar-refractivity contribution >= 4 is 0 Å². The maximum atomic E-state index is 5.53. The second-order valence-electron chi connectivity index (χ2n) is 4.35. The van der Waals surface area contributed by atoms with Crippen molar-refractivity contribution in [1.29, 1.82) is 0 Å². The van der Waals surface area contributed by atoms with Crippen molar-refractivity contribution in [2.24, 2.45) is 5.73 Å². The Kier molecular flexibility index (Phi) is 3.19. The fraction of sp³-hybridized carbons (Fsp3) is 1.00. The standard InChI is InChI=1S/C10H21N3/c11-5-8-13-6-3-10(4-7-13)12-9-1-2-9/h9-10,12H,1-8,11H2. The second kappa shape index (κ2) is 4.40. The Labute approximate surface area is 80.7 Å². The fourth-order valence-corrected chi connectivity index (χ4v) is 2.09. The van der Waals surface area contributed by atoms with Crippen LogP contribution in [0.15, 0.2) is 0 Å². The van der Waals surface area contributed by atoms with E-state index in [1.54, 1.807) is 0 Å². The number of likely N-dealkylation sites (tertiary alicyclic amines) is 1. The third-order valence-corrected chi connectivity index (χ3v) is 3.08. The van der Waals surface area contributed by atoms with Crippen LogP contribution in [-0.4, -0.2) is 43.2 Å². The van der Waals surface area contributed by atoms with E-state index in [1.165, 1.54) is 38.8 Å². The molecular formula is C10H21N3. The Morgan fingerprint density at radius 3 is 2.23 bits per heavy atom. The van der Waals surface area contributed by atoms with E-state index >= 15 is 0 Å². The van der Waals surface area contributed by atoms with Gasteiger partial charge in [-0.3, -0.25) is 0 Å². The van der Waals surface area contributed by atoms with Crippen LogP contribution in [0, 0.1) is 0 Å². The van der Waals surface area contributed by atoms with Crippen molar-refractivity contribution in [2.45, 2.75) is 37.8 Å². The number of nitrogens with zero attached hydrogens (tertiary/aromatic N) is 1. The topological polar surface area (TPSA) is 41.3 Å². The summed E-state index contributed by atoms with van der Waals surface area (Å²) in [6.07, 6.45) is 5.44. The summed E-state index contributed by atoms with van der Waals surface area (Å²) in [5.41, 5.74) is 5.53. The molecule has 3 nitrogen and oxygen atoms in total. The average Bonchev–Trinajstić information content (AvgIpc) is 2.93. The molecule has 0 atom stereocenters. The third kappa shape index (κ3) is 2.93. The summed E-state index contributed by atoms with van der Waals surface area (Å²) < 4.78 is 0. The fourth-order valence-electron chi connectivity index (χ4n) is 2.09. The van der Waals surface area contributed by atoms with E-state index < -0.39 is 0 Å². The van der Waals surface area contributed by atoms with Crippen LogP contribution in [-0.2, 0) is 0 Å². The number of piperidine rings is 1. The summed E-state index contributed by atoms with van der Waals surface area (Å²) in [5, 5.41) is 3.70. The highest BCUT2D eigenvalue weighted by Gasteiger charge is 2.26. The normalized spacial score (nSPS) is 26.5. The van der Waals surface area contributed by atoms with E-state index in [0.717, 1.165) is 25.2 Å². The average molecular weight is 183 g/mol. The van der Waals surface area contributed by atoms with Gasteiger partial charge in [0, 0.05) is 25.2 Å². The van der Waals surface area contributed by atoms with E-state index in [-0.39, 0.29) is 0 Å². The monoisotopic (exact) mass is 183 g/mol. The lowest BCUT2D eigenvalue weighted by Gasteiger charge is -2.32. The van der Waals surface area contributed by atoms with Crippen molar-refractivity contribution < 1.29 is 0 Å². The SMILES string of the molecule is NCCN1CCC(NC2CC2)CC1. The van der Waals surface area contributed by atoms with Gasteiger partial charge in [0.05, 0.1) is 0 Å². The summed E-state index contributed by atoms with van der Waals surface area (Å²) in [4.78, 5) is 2.48. The Balaban J connectivity index is 1.63. The molecular weight excluding hydrogens is 162 g/mol. The molecule has 2 fully saturated rings. The van der Waals surface area contributed by atoms with Crippen molar-refractivity contribution in [3.05, 3.63) is 0 Å². The van der Waals surface area contributed by atoms with E-state index in [0.29, 0.717) is 0 Å². The number of nitrogens with one attached hydrogen (secondary N) is 1. The number of nitrogens with two attached hydrogens (primary N) is 1. The molecule has 0 aromatic rings. The highest BCUT2D eigenvalue weighted by Crippen LogP contribution is 2.22. The molecule has 0 spiro atoms. The minimum atomic E-state index is 0.793. The van der Waals surface area contributed by atoms with Crippen molar-refractivity contribution in [2.75, 3.05) is 26.2 Å². The summed E-state index contributed by atoms with van der Waals surface area (Å²) in [6.45, 7) is 4.36. The molecule has 3 N–H and O–H groups in total. The van der Waals surface area contributed by atoms with Crippen molar-refractivity contribution in [1.82, 2.24) is 10.2 Å². The molecule has 0 amide bonds. The smallest absolute Gasteiger partial charge is 0.0105 e. The second-order valence-corrected chi connectivity index (χ2v) is 4.35. The lowest BCUT2D eigenvalue weighted by molar-refractivity contribution is 0.202. The van der Waals surface area contributed by atoms with E-state index in [2.05, 4.69) is 10.2 Å². The first-order chi connectivity index (χ1) is 6.38. The van der Waals surface area contributed by atoms with Gasteiger partial charge in [0.15, 0.2) is 0 Å². The van der Waals surface area contributed by atoms with Gasteiger partial charge in [-0.25, -0.2) is 0 Å². The van der Waals surface area contributed by atoms with Crippen LogP contribution in [0.1, 0.15) is 25.7 Å². The highest BCUT2D eigenvalue weighted by molar-refractivity contribution is 4.87. The van der Waals surface area contributed by atoms with Crippen molar-refractivity contribution in [3.63, 3.8) is 0 Å². The molecule has 1 aliphatic carbocycles. The van der Waals surface area contributed by atoms with Crippen LogP contribution in [0.25, 0.3) is 0 Å². The zero-order valence-electron chi connectivity index (χ0n) is 8.34. The molecule has 1 heterocycles. The lowest BCUT2D eigenvalue weighted by Crippen LogP contribution is -2.44. The van der Waals surface area contributed by atoms with Crippen LogP contribution in [0.2, 0.25) is 0 Å². The highest BCUT2D eigenvalue weighted by atomic mass is 15.1. The van der Waals surface area contributed by atoms with E-state index in [1.807, 2.05) is 0 Å². The minimum Gasteiger partial charge on any atom is -0.329 e. The van der Waals surface area contributed by atoms with Gasteiger partial charge >= 0.3 is 0 Å². The van der Waals surface area contributed by atoms with Crippen molar-refractivity contribution in [3.8, 4) is 0 Å². The predicted octanol–water partition coefficient (Wildman–Crippen LogP) is 0.162. The first-order valence-corrected chi connectivity index (χ1v) is 5.57. The zero-order chi connectivity index (χ0) is 9.10. The Morgan fingerprint density at radius 2 is 1.69 bits per heavy atom. The summed E-state index contributed by atoms with van der Waals surface area (Å²) in [6, 6.07) is 1.66. The van der Waals surface area contributed by atoms with Gasteiger partial charge in [0.25, 0.3) is 0 Å². The largest absolute Gasteiger partial charge is 0.329 e. The van der Waals surface area contributed by atoms with E-state index in [4.69, 9.17) is 5.73 Å². The Hall–Kier alpha value is -0.120. The number of hydrogen-bond donors (Lipinski definition) is 2. The summed E-state index contributed by atoms with van der Waals surface area (Å²) in [5.74, 6) is 0. The molecule has 1 saturated heterocycles. The molecule has 3 heteroatoms. The quantitative estimate of drug-likeness (QED) is 0.652. The molecule has 1 saturated carbocycles.